The normalized spacial score (nSPS) is 10.3. The van der Waals surface area contributed by atoms with E-state index in [1.54, 1.807) is 17.1 Å². The number of hydrogen-bond acceptors (Lipinski definition) is 3. The van der Waals surface area contributed by atoms with Crippen LogP contribution in [0.1, 0.15) is 16.1 Å². The van der Waals surface area contributed by atoms with Crippen molar-refractivity contribution in [3.63, 3.8) is 0 Å². The van der Waals surface area contributed by atoms with Gasteiger partial charge in [0.25, 0.3) is 5.91 Å². The Morgan fingerprint density at radius 3 is 2.67 bits per heavy atom. The summed E-state index contributed by atoms with van der Waals surface area (Å²) in [6.07, 6.45) is 4.12. The van der Waals surface area contributed by atoms with Crippen molar-refractivity contribution in [2.45, 2.75) is 6.42 Å². The number of nitrogens with zero attached hydrogens (tertiary/aromatic N) is 2. The fraction of sp³-hybridized carbons (Fsp3) is 0.231. The number of benzene rings is 1. The molecule has 0 spiro atoms. The maximum atomic E-state index is 11.8. The molecule has 18 heavy (non-hydrogen) atoms. The molecule has 0 bridgehead atoms. The molecule has 0 radical (unpaired) electrons. The van der Waals surface area contributed by atoms with E-state index in [-0.39, 0.29) is 5.91 Å². The number of amides is 1. The quantitative estimate of drug-likeness (QED) is 0.848. The molecule has 0 saturated heterocycles. The van der Waals surface area contributed by atoms with Crippen LogP contribution in [0, 0.1) is 0 Å². The zero-order valence-electron chi connectivity index (χ0n) is 10.3. The minimum absolute atomic E-state index is 0.206. The van der Waals surface area contributed by atoms with E-state index in [0.717, 1.165) is 17.7 Å². The number of aryl methyl sites for hydroxylation is 1. The molecule has 0 aliphatic carbocycles. The van der Waals surface area contributed by atoms with Crippen molar-refractivity contribution in [1.29, 1.82) is 0 Å². The first-order valence-electron chi connectivity index (χ1n) is 5.77. The summed E-state index contributed by atoms with van der Waals surface area (Å²) >= 11 is 0. The maximum absolute atomic E-state index is 11.8. The monoisotopic (exact) mass is 244 g/mol. The first-order chi connectivity index (χ1) is 8.69. The third kappa shape index (κ3) is 2.95. The molecule has 3 N–H and O–H groups in total. The Balaban J connectivity index is 2.03. The Morgan fingerprint density at radius 1 is 1.39 bits per heavy atom. The van der Waals surface area contributed by atoms with Crippen LogP contribution in [0.25, 0.3) is 0 Å². The first kappa shape index (κ1) is 12.3. The summed E-state index contributed by atoms with van der Waals surface area (Å²) in [5, 5.41) is 2.79. The average Bonchev–Trinajstić information content (AvgIpc) is 2.79. The SMILES string of the molecule is Cn1cnc(C(=O)Nc2ccc(CCN)cc2)c1. The lowest BCUT2D eigenvalue weighted by atomic mass is 10.1. The van der Waals surface area contributed by atoms with Gasteiger partial charge in [-0.15, -0.1) is 0 Å². The van der Waals surface area contributed by atoms with Gasteiger partial charge in [0, 0.05) is 18.9 Å². The highest BCUT2D eigenvalue weighted by atomic mass is 16.1. The van der Waals surface area contributed by atoms with Crippen LogP contribution >= 0.6 is 0 Å². The number of nitrogens with one attached hydrogen (secondary N) is 1. The number of aromatic nitrogens is 2. The number of nitrogens with two attached hydrogens (primary N) is 1. The summed E-state index contributed by atoms with van der Waals surface area (Å²) in [7, 11) is 1.82. The standard InChI is InChI=1S/C13H16N4O/c1-17-8-12(15-9-17)13(18)16-11-4-2-10(3-5-11)6-7-14/h2-5,8-9H,6-7,14H2,1H3,(H,16,18). The number of carbonyl (C=O) groups is 1. The molecule has 5 heteroatoms. The van der Waals surface area contributed by atoms with Crippen LogP contribution in [0.4, 0.5) is 5.69 Å². The summed E-state index contributed by atoms with van der Waals surface area (Å²) in [4.78, 5) is 15.8. The average molecular weight is 244 g/mol. The third-order valence-corrected chi connectivity index (χ3v) is 2.58. The predicted octanol–water partition coefficient (Wildman–Crippen LogP) is 1.17. The van der Waals surface area contributed by atoms with Crippen molar-refractivity contribution in [2.75, 3.05) is 11.9 Å². The number of imidazole rings is 1. The molecule has 0 fully saturated rings. The fourth-order valence-corrected chi connectivity index (χ4v) is 1.65. The van der Waals surface area contributed by atoms with E-state index < -0.39 is 0 Å². The predicted molar refractivity (Wildman–Crippen MR) is 70.4 cm³/mol. The molecular weight excluding hydrogens is 228 g/mol. The first-order valence-corrected chi connectivity index (χ1v) is 5.77. The van der Waals surface area contributed by atoms with Crippen molar-refractivity contribution in [2.24, 2.45) is 12.8 Å². The highest BCUT2D eigenvalue weighted by Crippen LogP contribution is 2.11. The molecule has 1 amide bonds. The van der Waals surface area contributed by atoms with Gasteiger partial charge >= 0.3 is 0 Å². The smallest absolute Gasteiger partial charge is 0.275 e. The molecule has 0 aliphatic rings. The number of rotatable bonds is 4. The highest BCUT2D eigenvalue weighted by molar-refractivity contribution is 6.02. The van der Waals surface area contributed by atoms with Gasteiger partial charge in [-0.2, -0.15) is 0 Å². The molecule has 94 valence electrons. The van der Waals surface area contributed by atoms with Crippen molar-refractivity contribution in [1.82, 2.24) is 9.55 Å². The van der Waals surface area contributed by atoms with Crippen LogP contribution in [-0.2, 0) is 13.5 Å². The topological polar surface area (TPSA) is 72.9 Å². The Hall–Kier alpha value is -2.14. The molecule has 0 atom stereocenters. The molecule has 1 aromatic heterocycles. The van der Waals surface area contributed by atoms with Crippen LogP contribution in [0.3, 0.4) is 0 Å². The summed E-state index contributed by atoms with van der Waals surface area (Å²) < 4.78 is 1.74. The van der Waals surface area contributed by atoms with E-state index in [1.807, 2.05) is 31.3 Å². The number of carbonyl (C=O) groups excluding carboxylic acids is 1. The van der Waals surface area contributed by atoms with E-state index in [9.17, 15) is 4.79 Å². The van der Waals surface area contributed by atoms with Crippen LogP contribution in [0.2, 0.25) is 0 Å². The fourth-order valence-electron chi connectivity index (χ4n) is 1.65. The summed E-state index contributed by atoms with van der Waals surface area (Å²) in [5.41, 5.74) is 7.80. The zero-order valence-corrected chi connectivity index (χ0v) is 10.3. The summed E-state index contributed by atoms with van der Waals surface area (Å²) in [5.74, 6) is -0.206. The summed E-state index contributed by atoms with van der Waals surface area (Å²) in [6.45, 7) is 0.625. The van der Waals surface area contributed by atoms with Crippen molar-refractivity contribution in [3.8, 4) is 0 Å². The van der Waals surface area contributed by atoms with Gasteiger partial charge in [0.1, 0.15) is 5.69 Å². The number of anilines is 1. The van der Waals surface area contributed by atoms with E-state index in [2.05, 4.69) is 10.3 Å². The largest absolute Gasteiger partial charge is 0.340 e. The molecular formula is C13H16N4O. The highest BCUT2D eigenvalue weighted by Gasteiger charge is 2.08. The minimum Gasteiger partial charge on any atom is -0.340 e. The minimum atomic E-state index is -0.206. The van der Waals surface area contributed by atoms with E-state index in [4.69, 9.17) is 5.73 Å². The van der Waals surface area contributed by atoms with E-state index in [0.29, 0.717) is 12.2 Å². The number of hydrogen-bond donors (Lipinski definition) is 2. The molecule has 0 aliphatic heterocycles. The molecule has 2 aromatic rings. The van der Waals surface area contributed by atoms with E-state index >= 15 is 0 Å². The van der Waals surface area contributed by atoms with Gasteiger partial charge in [-0.25, -0.2) is 4.98 Å². The van der Waals surface area contributed by atoms with Crippen molar-refractivity contribution >= 4 is 11.6 Å². The van der Waals surface area contributed by atoms with Gasteiger partial charge in [0.2, 0.25) is 0 Å². The van der Waals surface area contributed by atoms with Gasteiger partial charge in [0.15, 0.2) is 0 Å². The van der Waals surface area contributed by atoms with Gasteiger partial charge < -0.3 is 15.6 Å². The lowest BCUT2D eigenvalue weighted by Gasteiger charge is -2.04. The molecule has 1 heterocycles. The van der Waals surface area contributed by atoms with Crippen LogP contribution in [-0.4, -0.2) is 22.0 Å². The molecule has 0 unspecified atom stereocenters. The molecule has 2 rings (SSSR count). The second-order valence-electron chi connectivity index (χ2n) is 4.11. The van der Waals surface area contributed by atoms with Crippen LogP contribution in [0.5, 0.6) is 0 Å². The maximum Gasteiger partial charge on any atom is 0.275 e. The van der Waals surface area contributed by atoms with Crippen molar-refractivity contribution in [3.05, 3.63) is 48.0 Å². The van der Waals surface area contributed by atoms with Crippen LogP contribution < -0.4 is 11.1 Å². The van der Waals surface area contributed by atoms with Gasteiger partial charge in [-0.05, 0) is 30.7 Å². The van der Waals surface area contributed by atoms with Crippen molar-refractivity contribution < 1.29 is 4.79 Å². The van der Waals surface area contributed by atoms with Crippen LogP contribution in [0.15, 0.2) is 36.8 Å². The zero-order chi connectivity index (χ0) is 13.0. The van der Waals surface area contributed by atoms with E-state index in [1.165, 1.54) is 0 Å². The van der Waals surface area contributed by atoms with Gasteiger partial charge in [0.05, 0.1) is 6.33 Å². The molecule has 5 nitrogen and oxygen atoms in total. The molecule has 0 saturated carbocycles. The Morgan fingerprint density at radius 2 is 2.11 bits per heavy atom. The summed E-state index contributed by atoms with van der Waals surface area (Å²) in [6, 6.07) is 7.65. The van der Waals surface area contributed by atoms with Gasteiger partial charge in [-0.3, -0.25) is 4.79 Å². The lowest BCUT2D eigenvalue weighted by Crippen LogP contribution is -2.12. The Kier molecular flexibility index (Phi) is 3.74. The third-order valence-electron chi connectivity index (χ3n) is 2.58. The second kappa shape index (κ2) is 5.46. The van der Waals surface area contributed by atoms with Gasteiger partial charge in [-0.1, -0.05) is 12.1 Å². The Bertz CT molecular complexity index is 530. The lowest BCUT2D eigenvalue weighted by molar-refractivity contribution is 0.102. The second-order valence-corrected chi connectivity index (χ2v) is 4.11. The molecule has 1 aromatic carbocycles. The Labute approximate surface area is 106 Å².